The summed E-state index contributed by atoms with van der Waals surface area (Å²) in [6, 6.07) is 20.9. The van der Waals surface area contributed by atoms with Crippen molar-refractivity contribution in [2.24, 2.45) is 0 Å². The number of benzene rings is 4. The van der Waals surface area contributed by atoms with Crippen molar-refractivity contribution in [1.82, 2.24) is 0 Å². The van der Waals surface area contributed by atoms with E-state index in [0.717, 1.165) is 0 Å². The van der Waals surface area contributed by atoms with Gasteiger partial charge in [0.25, 0.3) is 11.8 Å². The number of amides is 2. The summed E-state index contributed by atoms with van der Waals surface area (Å²) < 4.78 is 32.3. The molecule has 4 rings (SSSR count). The number of nitrogens with one attached hydrogen (secondary N) is 2. The minimum atomic E-state index is -0.388. The van der Waals surface area contributed by atoms with Crippen molar-refractivity contribution in [3.8, 4) is 45.6 Å². The maximum absolute atomic E-state index is 13.4. The summed E-state index contributed by atoms with van der Waals surface area (Å²) in [7, 11) is 8.92. The number of rotatable bonds is 11. The number of methoxy groups -OCH3 is 6. The first-order chi connectivity index (χ1) is 20.4. The summed E-state index contributed by atoms with van der Waals surface area (Å²) in [5.41, 5.74) is 3.07. The number of carbonyl (C=O) groups is 2. The van der Waals surface area contributed by atoms with Crippen molar-refractivity contribution < 1.29 is 38.0 Å². The lowest BCUT2D eigenvalue weighted by Crippen LogP contribution is -2.15. The molecule has 2 amide bonds. The topological polar surface area (TPSA) is 114 Å². The summed E-state index contributed by atoms with van der Waals surface area (Å²) in [6.07, 6.45) is 0. The van der Waals surface area contributed by atoms with Gasteiger partial charge in [-0.3, -0.25) is 9.59 Å². The Hall–Kier alpha value is -5.38. The molecule has 0 aliphatic carbocycles. The smallest absolute Gasteiger partial charge is 0.255 e. The van der Waals surface area contributed by atoms with Crippen molar-refractivity contribution in [3.05, 3.63) is 83.9 Å². The van der Waals surface area contributed by atoms with Gasteiger partial charge in [0.05, 0.1) is 42.7 Å². The van der Waals surface area contributed by atoms with Crippen molar-refractivity contribution in [1.29, 1.82) is 0 Å². The van der Waals surface area contributed by atoms with Gasteiger partial charge in [0.15, 0.2) is 23.0 Å². The molecule has 0 aliphatic rings. The zero-order chi connectivity index (χ0) is 30.2. The molecule has 4 aromatic rings. The fourth-order valence-corrected chi connectivity index (χ4v) is 4.47. The first-order valence-corrected chi connectivity index (χ1v) is 12.8. The quantitative estimate of drug-likeness (QED) is 0.228. The van der Waals surface area contributed by atoms with Gasteiger partial charge >= 0.3 is 0 Å². The lowest BCUT2D eigenvalue weighted by molar-refractivity contribution is 0.101. The van der Waals surface area contributed by atoms with Crippen LogP contribution in [-0.2, 0) is 0 Å². The highest BCUT2D eigenvalue weighted by Gasteiger charge is 2.21. The molecule has 0 bridgehead atoms. The number of hydrogen-bond acceptors (Lipinski definition) is 8. The van der Waals surface area contributed by atoms with Crippen molar-refractivity contribution in [2.45, 2.75) is 0 Å². The van der Waals surface area contributed by atoms with Crippen LogP contribution in [0.3, 0.4) is 0 Å². The van der Waals surface area contributed by atoms with Gasteiger partial charge < -0.3 is 39.1 Å². The fraction of sp³-hybridized carbons (Fsp3) is 0.188. The molecule has 0 saturated heterocycles. The van der Waals surface area contributed by atoms with E-state index in [-0.39, 0.29) is 11.8 Å². The number of anilines is 2. The Kier molecular flexibility index (Phi) is 9.39. The second-order valence-electron chi connectivity index (χ2n) is 8.83. The zero-order valence-electron chi connectivity index (χ0n) is 24.2. The molecule has 0 unspecified atom stereocenters. The second-order valence-corrected chi connectivity index (χ2v) is 8.83. The molecule has 0 atom stereocenters. The Morgan fingerprint density at radius 2 is 0.786 bits per heavy atom. The van der Waals surface area contributed by atoms with Gasteiger partial charge in [-0.25, -0.2) is 0 Å². The van der Waals surface area contributed by atoms with E-state index in [4.69, 9.17) is 28.4 Å². The van der Waals surface area contributed by atoms with Gasteiger partial charge in [-0.15, -0.1) is 0 Å². The van der Waals surface area contributed by atoms with Gasteiger partial charge in [-0.05, 0) is 36.4 Å². The standard InChI is InChI=1S/C32H32N2O8/c1-37-25-15-19(16-26(38-2)29(25)41-5)31(35)33-23-13-9-7-11-21(23)22-12-8-10-14-24(22)34-32(36)20-17-27(39-3)30(42-6)28(18-20)40-4/h7-18H,1-6H3,(H,33,35)(H,34,36). The minimum absolute atomic E-state index is 0.309. The Morgan fingerprint density at radius 3 is 1.07 bits per heavy atom. The maximum Gasteiger partial charge on any atom is 0.255 e. The molecule has 10 nitrogen and oxygen atoms in total. The average molecular weight is 573 g/mol. The second kappa shape index (κ2) is 13.3. The highest BCUT2D eigenvalue weighted by molar-refractivity contribution is 6.10. The molecule has 0 fully saturated rings. The lowest BCUT2D eigenvalue weighted by Gasteiger charge is -2.17. The van der Waals surface area contributed by atoms with Crippen LogP contribution in [0.4, 0.5) is 11.4 Å². The van der Waals surface area contributed by atoms with Crippen molar-refractivity contribution in [2.75, 3.05) is 53.3 Å². The molecule has 0 saturated carbocycles. The molecule has 0 heterocycles. The Bertz CT molecular complexity index is 1430. The number of para-hydroxylation sites is 2. The van der Waals surface area contributed by atoms with E-state index in [1.165, 1.54) is 42.7 Å². The van der Waals surface area contributed by atoms with Crippen LogP contribution in [0.15, 0.2) is 72.8 Å². The molecule has 0 radical (unpaired) electrons. The average Bonchev–Trinajstić information content (AvgIpc) is 3.03. The van der Waals surface area contributed by atoms with E-state index in [9.17, 15) is 9.59 Å². The van der Waals surface area contributed by atoms with Gasteiger partial charge in [0.2, 0.25) is 11.5 Å². The van der Waals surface area contributed by atoms with Crippen LogP contribution >= 0.6 is 0 Å². The number of carbonyl (C=O) groups excluding carboxylic acids is 2. The highest BCUT2D eigenvalue weighted by atomic mass is 16.5. The molecule has 2 N–H and O–H groups in total. The van der Waals surface area contributed by atoms with Crippen LogP contribution in [0.2, 0.25) is 0 Å². The predicted octanol–water partition coefficient (Wildman–Crippen LogP) is 5.91. The first kappa shape index (κ1) is 29.6. The Balaban J connectivity index is 1.67. The van der Waals surface area contributed by atoms with E-state index >= 15 is 0 Å². The van der Waals surface area contributed by atoms with E-state index in [1.807, 2.05) is 36.4 Å². The van der Waals surface area contributed by atoms with Crippen LogP contribution < -0.4 is 39.1 Å². The van der Waals surface area contributed by atoms with Gasteiger partial charge in [0.1, 0.15) is 0 Å². The largest absolute Gasteiger partial charge is 0.493 e. The first-order valence-electron chi connectivity index (χ1n) is 12.8. The maximum atomic E-state index is 13.4. The van der Waals surface area contributed by atoms with Gasteiger partial charge in [-0.2, -0.15) is 0 Å². The summed E-state index contributed by atoms with van der Waals surface area (Å²) in [5.74, 6) is 1.42. The summed E-state index contributed by atoms with van der Waals surface area (Å²) in [6.45, 7) is 0. The summed E-state index contributed by atoms with van der Waals surface area (Å²) in [5, 5.41) is 5.94. The molecule has 0 aliphatic heterocycles. The van der Waals surface area contributed by atoms with E-state index < -0.39 is 0 Å². The molecule has 218 valence electrons. The van der Waals surface area contributed by atoms with Crippen LogP contribution in [0.5, 0.6) is 34.5 Å². The lowest BCUT2D eigenvalue weighted by atomic mass is 10.0. The van der Waals surface area contributed by atoms with Crippen LogP contribution in [0.25, 0.3) is 11.1 Å². The molecule has 0 spiro atoms. The van der Waals surface area contributed by atoms with Crippen molar-refractivity contribution >= 4 is 23.2 Å². The third-order valence-electron chi connectivity index (χ3n) is 6.49. The normalized spacial score (nSPS) is 10.3. The van der Waals surface area contributed by atoms with Crippen molar-refractivity contribution in [3.63, 3.8) is 0 Å². The molecule has 10 heteroatoms. The Morgan fingerprint density at radius 1 is 0.476 bits per heavy atom. The Labute approximate surface area is 244 Å². The number of ether oxygens (including phenoxy) is 6. The minimum Gasteiger partial charge on any atom is -0.493 e. The van der Waals surface area contributed by atoms with E-state index in [0.29, 0.717) is 68.1 Å². The third kappa shape index (κ3) is 6.02. The van der Waals surface area contributed by atoms with E-state index in [2.05, 4.69) is 10.6 Å². The highest BCUT2D eigenvalue weighted by Crippen LogP contribution is 2.40. The predicted molar refractivity (Wildman–Crippen MR) is 160 cm³/mol. The van der Waals surface area contributed by atoms with Gasteiger partial charge in [0, 0.05) is 33.6 Å². The monoisotopic (exact) mass is 572 g/mol. The van der Waals surface area contributed by atoms with Crippen LogP contribution in [-0.4, -0.2) is 54.5 Å². The zero-order valence-corrected chi connectivity index (χ0v) is 24.2. The summed E-state index contributed by atoms with van der Waals surface area (Å²) in [4.78, 5) is 26.8. The summed E-state index contributed by atoms with van der Waals surface area (Å²) >= 11 is 0. The number of hydrogen-bond donors (Lipinski definition) is 2. The molecule has 4 aromatic carbocycles. The fourth-order valence-electron chi connectivity index (χ4n) is 4.47. The van der Waals surface area contributed by atoms with Crippen LogP contribution in [0.1, 0.15) is 20.7 Å². The molecule has 42 heavy (non-hydrogen) atoms. The SMILES string of the molecule is COc1cc(C(=O)Nc2ccccc2-c2ccccc2NC(=O)c2cc(OC)c(OC)c(OC)c2)cc(OC)c1OC. The molecular formula is C32H32N2O8. The molecular weight excluding hydrogens is 540 g/mol. The molecule has 0 aromatic heterocycles. The van der Waals surface area contributed by atoms with Gasteiger partial charge in [-0.1, -0.05) is 36.4 Å². The third-order valence-corrected chi connectivity index (χ3v) is 6.49. The van der Waals surface area contributed by atoms with Crippen LogP contribution in [0, 0.1) is 0 Å². The van der Waals surface area contributed by atoms with E-state index in [1.54, 1.807) is 36.4 Å².